The third kappa shape index (κ3) is 1.35. The normalized spacial score (nSPS) is 14.1. The molecule has 0 radical (unpaired) electrons. The van der Waals surface area contributed by atoms with Crippen LogP contribution in [0.15, 0.2) is 18.2 Å². The second kappa shape index (κ2) is 3.01. The molecule has 0 saturated carbocycles. The van der Waals surface area contributed by atoms with Crippen LogP contribution in [0.5, 0.6) is 11.5 Å². The summed E-state index contributed by atoms with van der Waals surface area (Å²) in [5, 5.41) is 7.34. The van der Waals surface area contributed by atoms with E-state index in [0.717, 1.165) is 17.1 Å². The Morgan fingerprint density at radius 3 is 2.71 bits per heavy atom. The van der Waals surface area contributed by atoms with E-state index in [1.54, 1.807) is 0 Å². The number of ether oxygens (including phenoxy) is 2. The first-order chi connectivity index (χ1) is 6.63. The lowest BCUT2D eigenvalue weighted by Crippen LogP contribution is -2.17. The van der Waals surface area contributed by atoms with E-state index in [1.165, 1.54) is 6.21 Å². The molecular weight excluding hydrogens is 178 g/mol. The summed E-state index contributed by atoms with van der Waals surface area (Å²) >= 11 is 0. The predicted octanol–water partition coefficient (Wildman–Crippen LogP) is 2.34. The molecular formula is C11H13NO2. The van der Waals surface area contributed by atoms with Crippen molar-refractivity contribution < 1.29 is 9.47 Å². The van der Waals surface area contributed by atoms with Crippen molar-refractivity contribution in [2.24, 2.45) is 0 Å². The summed E-state index contributed by atoms with van der Waals surface area (Å²) in [4.78, 5) is 0. The van der Waals surface area contributed by atoms with Crippen LogP contribution in [0.4, 0.5) is 0 Å². The molecule has 1 N–H and O–H groups in total. The second-order valence-corrected chi connectivity index (χ2v) is 3.93. The molecule has 1 aliphatic rings. The second-order valence-electron chi connectivity index (χ2n) is 3.93. The maximum Gasteiger partial charge on any atom is 0.231 e. The average molecular weight is 191 g/mol. The highest BCUT2D eigenvalue weighted by Gasteiger charge is 2.21. The van der Waals surface area contributed by atoms with Crippen LogP contribution < -0.4 is 9.47 Å². The maximum absolute atomic E-state index is 7.34. The molecule has 0 spiro atoms. The quantitative estimate of drug-likeness (QED) is 0.729. The zero-order chi connectivity index (χ0) is 10.2. The molecule has 0 atom stereocenters. The third-order valence-electron chi connectivity index (χ3n) is 2.48. The molecule has 0 fully saturated rings. The highest BCUT2D eigenvalue weighted by molar-refractivity contribution is 5.70. The summed E-state index contributed by atoms with van der Waals surface area (Å²) in [6.07, 6.45) is 1.44. The zero-order valence-corrected chi connectivity index (χ0v) is 8.33. The van der Waals surface area contributed by atoms with Gasteiger partial charge >= 0.3 is 0 Å². The monoisotopic (exact) mass is 191 g/mol. The lowest BCUT2D eigenvalue weighted by Gasteiger charge is -2.19. The van der Waals surface area contributed by atoms with Crippen LogP contribution in [-0.2, 0) is 5.41 Å². The summed E-state index contributed by atoms with van der Waals surface area (Å²) in [6, 6.07) is 5.80. The fraction of sp³-hybridized carbons (Fsp3) is 0.364. The Kier molecular flexibility index (Phi) is 1.95. The third-order valence-corrected chi connectivity index (χ3v) is 2.48. The van der Waals surface area contributed by atoms with Crippen LogP contribution in [0.1, 0.15) is 19.4 Å². The smallest absolute Gasteiger partial charge is 0.231 e. The van der Waals surface area contributed by atoms with Crippen LogP contribution in [0.25, 0.3) is 0 Å². The van der Waals surface area contributed by atoms with Gasteiger partial charge in [0.1, 0.15) is 0 Å². The van der Waals surface area contributed by atoms with Crippen LogP contribution in [0.3, 0.4) is 0 Å². The zero-order valence-electron chi connectivity index (χ0n) is 8.33. The fourth-order valence-electron chi connectivity index (χ4n) is 1.38. The molecule has 3 nitrogen and oxygen atoms in total. The molecule has 0 aliphatic carbocycles. The van der Waals surface area contributed by atoms with Gasteiger partial charge in [0.2, 0.25) is 6.79 Å². The first kappa shape index (κ1) is 9.06. The number of nitrogens with one attached hydrogen (secondary N) is 1. The molecule has 1 aliphatic heterocycles. The van der Waals surface area contributed by atoms with Crippen molar-refractivity contribution in [1.82, 2.24) is 0 Å². The van der Waals surface area contributed by atoms with Crippen molar-refractivity contribution in [2.75, 3.05) is 6.79 Å². The minimum atomic E-state index is -0.249. The van der Waals surface area contributed by atoms with Crippen molar-refractivity contribution >= 4 is 6.21 Å². The highest BCUT2D eigenvalue weighted by atomic mass is 16.7. The Balaban J connectivity index is 2.42. The molecule has 1 heterocycles. The van der Waals surface area contributed by atoms with E-state index in [4.69, 9.17) is 14.9 Å². The van der Waals surface area contributed by atoms with Gasteiger partial charge in [-0.3, -0.25) is 0 Å². The molecule has 0 aromatic heterocycles. The number of fused-ring (bicyclic) bond motifs is 1. The van der Waals surface area contributed by atoms with Crippen LogP contribution in [0, 0.1) is 5.41 Å². The number of rotatable bonds is 2. The molecule has 0 bridgehead atoms. The van der Waals surface area contributed by atoms with Crippen molar-refractivity contribution in [1.29, 1.82) is 5.41 Å². The molecule has 14 heavy (non-hydrogen) atoms. The maximum atomic E-state index is 7.34. The van der Waals surface area contributed by atoms with Gasteiger partial charge in [-0.1, -0.05) is 19.9 Å². The summed E-state index contributed by atoms with van der Waals surface area (Å²) in [5.74, 6) is 1.56. The first-order valence-corrected chi connectivity index (χ1v) is 4.55. The van der Waals surface area contributed by atoms with Crippen molar-refractivity contribution in [3.8, 4) is 11.5 Å². The van der Waals surface area contributed by atoms with E-state index in [2.05, 4.69) is 0 Å². The Morgan fingerprint density at radius 1 is 1.29 bits per heavy atom. The lowest BCUT2D eigenvalue weighted by atomic mass is 9.86. The number of hydrogen-bond donors (Lipinski definition) is 1. The minimum absolute atomic E-state index is 0.249. The molecule has 3 heteroatoms. The van der Waals surface area contributed by atoms with E-state index < -0.39 is 0 Å². The minimum Gasteiger partial charge on any atom is -0.454 e. The Morgan fingerprint density at radius 2 is 2.00 bits per heavy atom. The molecule has 1 aromatic rings. The van der Waals surface area contributed by atoms with Gasteiger partial charge in [-0.15, -0.1) is 0 Å². The largest absolute Gasteiger partial charge is 0.454 e. The van der Waals surface area contributed by atoms with Crippen molar-refractivity contribution in [3.05, 3.63) is 23.8 Å². The standard InChI is InChI=1S/C11H13NO2/c1-11(2,6-12)8-3-4-9-10(5-8)14-7-13-9/h3-6,12H,7H2,1-2H3. The van der Waals surface area contributed by atoms with Crippen molar-refractivity contribution in [2.45, 2.75) is 19.3 Å². The van der Waals surface area contributed by atoms with E-state index in [-0.39, 0.29) is 5.41 Å². The Bertz CT molecular complexity index is 372. The fourth-order valence-corrected chi connectivity index (χ4v) is 1.38. The number of hydrogen-bond acceptors (Lipinski definition) is 3. The van der Waals surface area contributed by atoms with Crippen LogP contribution in [0.2, 0.25) is 0 Å². The van der Waals surface area contributed by atoms with Gasteiger partial charge in [-0.2, -0.15) is 0 Å². The summed E-state index contributed by atoms with van der Waals surface area (Å²) in [5.41, 5.74) is 0.817. The molecule has 0 saturated heterocycles. The van der Waals surface area contributed by atoms with Crippen LogP contribution in [-0.4, -0.2) is 13.0 Å². The van der Waals surface area contributed by atoms with Gasteiger partial charge in [0.15, 0.2) is 11.5 Å². The average Bonchev–Trinajstić information content (AvgIpc) is 2.64. The topological polar surface area (TPSA) is 42.3 Å². The van der Waals surface area contributed by atoms with Gasteiger partial charge in [0.05, 0.1) is 0 Å². The van der Waals surface area contributed by atoms with Crippen LogP contribution >= 0.6 is 0 Å². The van der Waals surface area contributed by atoms with E-state index >= 15 is 0 Å². The summed E-state index contributed by atoms with van der Waals surface area (Å²) in [7, 11) is 0. The SMILES string of the molecule is CC(C)(C=N)c1ccc2c(c1)OCO2. The summed E-state index contributed by atoms with van der Waals surface area (Å²) in [6.45, 7) is 4.29. The predicted molar refractivity (Wildman–Crippen MR) is 54.4 cm³/mol. The molecule has 0 amide bonds. The molecule has 1 aromatic carbocycles. The van der Waals surface area contributed by atoms with Crippen molar-refractivity contribution in [3.63, 3.8) is 0 Å². The molecule has 0 unspecified atom stereocenters. The lowest BCUT2D eigenvalue weighted by molar-refractivity contribution is 0.174. The highest BCUT2D eigenvalue weighted by Crippen LogP contribution is 2.35. The van der Waals surface area contributed by atoms with Gasteiger partial charge in [-0.25, -0.2) is 0 Å². The number of benzene rings is 1. The van der Waals surface area contributed by atoms with Gasteiger partial charge < -0.3 is 14.9 Å². The Labute approximate surface area is 83.2 Å². The van der Waals surface area contributed by atoms with Gasteiger partial charge in [0.25, 0.3) is 0 Å². The van der Waals surface area contributed by atoms with E-state index in [9.17, 15) is 0 Å². The molecule has 74 valence electrons. The molecule has 2 rings (SSSR count). The van der Waals surface area contributed by atoms with Gasteiger partial charge in [-0.05, 0) is 17.7 Å². The summed E-state index contributed by atoms with van der Waals surface area (Å²) < 4.78 is 10.5. The van der Waals surface area contributed by atoms with E-state index in [1.807, 2.05) is 32.0 Å². The van der Waals surface area contributed by atoms with Gasteiger partial charge in [0, 0.05) is 11.6 Å². The van der Waals surface area contributed by atoms with E-state index in [0.29, 0.717) is 6.79 Å². The first-order valence-electron chi connectivity index (χ1n) is 4.55. The Hall–Kier alpha value is -1.51.